The second-order valence-electron chi connectivity index (χ2n) is 5.60. The van der Waals surface area contributed by atoms with Crippen LogP contribution in [0.1, 0.15) is 11.1 Å². The molecule has 7 nitrogen and oxygen atoms in total. The van der Waals surface area contributed by atoms with Crippen molar-refractivity contribution in [3.05, 3.63) is 65.2 Å². The molecule has 0 bridgehead atoms. The van der Waals surface area contributed by atoms with Gasteiger partial charge in [-0.15, -0.1) is 0 Å². The molecule has 2 aromatic carbocycles. The summed E-state index contributed by atoms with van der Waals surface area (Å²) >= 11 is 0. The first-order valence-corrected chi connectivity index (χ1v) is 8.42. The number of hydrogen-bond donors (Lipinski definition) is 0. The van der Waals surface area contributed by atoms with Gasteiger partial charge < -0.3 is 18.9 Å². The van der Waals surface area contributed by atoms with Crippen LogP contribution in [-0.4, -0.2) is 33.3 Å². The Hall–Kier alpha value is -4.05. The Morgan fingerprint density at radius 3 is 2.21 bits per heavy atom. The smallest absolute Gasteiger partial charge is 0.348 e. The van der Waals surface area contributed by atoms with Gasteiger partial charge in [-0.3, -0.25) is 0 Å². The summed E-state index contributed by atoms with van der Waals surface area (Å²) in [4.78, 5) is 23.6. The minimum absolute atomic E-state index is 0.165. The van der Waals surface area contributed by atoms with Crippen LogP contribution in [0.25, 0.3) is 12.2 Å². The molecule has 148 valence electrons. The van der Waals surface area contributed by atoms with Crippen molar-refractivity contribution in [2.24, 2.45) is 0 Å². The lowest BCUT2D eigenvalue weighted by Gasteiger charge is -2.09. The molecule has 0 amide bonds. The lowest BCUT2D eigenvalue weighted by atomic mass is 10.1. The third-order valence-electron chi connectivity index (χ3n) is 3.76. The van der Waals surface area contributed by atoms with E-state index in [9.17, 15) is 9.59 Å². The second kappa shape index (κ2) is 10.3. The number of methoxy groups -OCH3 is 3. The lowest BCUT2D eigenvalue weighted by molar-refractivity contribution is -0.135. The largest absolute Gasteiger partial charge is 0.497 e. The summed E-state index contributed by atoms with van der Waals surface area (Å²) in [6, 6.07) is 13.6. The molecule has 0 heterocycles. The van der Waals surface area contributed by atoms with E-state index in [2.05, 4.69) is 4.74 Å². The molecule has 0 spiro atoms. The molecular formula is C22H19NO6. The number of benzene rings is 2. The normalized spacial score (nSPS) is 10.9. The van der Waals surface area contributed by atoms with Crippen LogP contribution in [-0.2, 0) is 14.3 Å². The van der Waals surface area contributed by atoms with Gasteiger partial charge in [0.15, 0.2) is 11.5 Å². The quantitative estimate of drug-likeness (QED) is 0.308. The molecule has 7 heteroatoms. The van der Waals surface area contributed by atoms with Crippen molar-refractivity contribution in [3.63, 3.8) is 0 Å². The van der Waals surface area contributed by atoms with Crippen LogP contribution in [0.15, 0.2) is 54.1 Å². The Kier molecular flexibility index (Phi) is 7.57. The van der Waals surface area contributed by atoms with E-state index in [1.165, 1.54) is 38.5 Å². The Balaban J connectivity index is 2.14. The molecule has 0 saturated heterocycles. The van der Waals surface area contributed by atoms with Crippen molar-refractivity contribution >= 4 is 24.1 Å². The minimum Gasteiger partial charge on any atom is -0.497 e. The molecule has 0 atom stereocenters. The van der Waals surface area contributed by atoms with Crippen LogP contribution in [0.4, 0.5) is 0 Å². The van der Waals surface area contributed by atoms with E-state index in [-0.39, 0.29) is 17.1 Å². The first-order chi connectivity index (χ1) is 14.0. The number of esters is 2. The summed E-state index contributed by atoms with van der Waals surface area (Å²) in [5.74, 6) is -0.145. The van der Waals surface area contributed by atoms with Gasteiger partial charge in [-0.25, -0.2) is 9.59 Å². The summed E-state index contributed by atoms with van der Waals surface area (Å²) in [5, 5.41) is 9.04. The fourth-order valence-electron chi connectivity index (χ4n) is 2.29. The number of ether oxygens (including phenoxy) is 4. The van der Waals surface area contributed by atoms with E-state index in [0.717, 1.165) is 11.3 Å². The van der Waals surface area contributed by atoms with Gasteiger partial charge in [0.1, 0.15) is 17.4 Å². The fourth-order valence-corrected chi connectivity index (χ4v) is 2.29. The lowest BCUT2D eigenvalue weighted by Crippen LogP contribution is -2.05. The van der Waals surface area contributed by atoms with Crippen molar-refractivity contribution in [1.29, 1.82) is 5.26 Å². The Labute approximate surface area is 168 Å². The molecule has 2 aromatic rings. The second-order valence-corrected chi connectivity index (χ2v) is 5.60. The summed E-state index contributed by atoms with van der Waals surface area (Å²) in [5.41, 5.74) is 1.15. The van der Waals surface area contributed by atoms with Crippen LogP contribution >= 0.6 is 0 Å². The standard InChI is InChI=1S/C22H19NO6/c1-26-18-8-4-15(5-9-18)7-11-21(24)29-19-10-6-16(13-20(19)27-2)12-17(14-23)22(25)28-3/h4-13H,1-3H3. The molecule has 0 aliphatic carbocycles. The van der Waals surface area contributed by atoms with Gasteiger partial charge in [-0.1, -0.05) is 18.2 Å². The maximum Gasteiger partial charge on any atom is 0.348 e. The molecule has 0 saturated carbocycles. The summed E-state index contributed by atoms with van der Waals surface area (Å²) in [6.45, 7) is 0. The van der Waals surface area contributed by atoms with Crippen molar-refractivity contribution in [3.8, 4) is 23.3 Å². The zero-order chi connectivity index (χ0) is 21.2. The van der Waals surface area contributed by atoms with Gasteiger partial charge in [-0.2, -0.15) is 5.26 Å². The Morgan fingerprint density at radius 2 is 1.62 bits per heavy atom. The number of carbonyl (C=O) groups excluding carboxylic acids is 2. The molecule has 0 radical (unpaired) electrons. The van der Waals surface area contributed by atoms with E-state index in [1.807, 2.05) is 0 Å². The molecular weight excluding hydrogens is 374 g/mol. The summed E-state index contributed by atoms with van der Waals surface area (Å²) in [6.07, 6.45) is 4.25. The Morgan fingerprint density at radius 1 is 0.931 bits per heavy atom. The van der Waals surface area contributed by atoms with E-state index >= 15 is 0 Å². The fraction of sp³-hybridized carbons (Fsp3) is 0.136. The van der Waals surface area contributed by atoms with Crippen LogP contribution in [0.2, 0.25) is 0 Å². The maximum atomic E-state index is 12.1. The minimum atomic E-state index is -0.745. The first kappa shape index (κ1) is 21.3. The van der Waals surface area contributed by atoms with Gasteiger partial charge in [0.2, 0.25) is 0 Å². The third kappa shape index (κ3) is 5.97. The number of nitrogens with zero attached hydrogens (tertiary/aromatic N) is 1. The van der Waals surface area contributed by atoms with Crippen molar-refractivity contribution in [1.82, 2.24) is 0 Å². The van der Waals surface area contributed by atoms with Gasteiger partial charge in [0, 0.05) is 6.08 Å². The monoisotopic (exact) mass is 393 g/mol. The predicted molar refractivity (Wildman–Crippen MR) is 106 cm³/mol. The number of carbonyl (C=O) groups is 2. The SMILES string of the molecule is COC(=O)C(C#N)=Cc1ccc(OC(=O)C=Cc2ccc(OC)cc2)c(OC)c1. The molecule has 0 aliphatic rings. The third-order valence-corrected chi connectivity index (χ3v) is 3.76. The van der Waals surface area contributed by atoms with Crippen LogP contribution < -0.4 is 14.2 Å². The molecule has 0 fully saturated rings. The van der Waals surface area contributed by atoms with Crippen LogP contribution in [0.3, 0.4) is 0 Å². The van der Waals surface area contributed by atoms with E-state index < -0.39 is 11.9 Å². The topological polar surface area (TPSA) is 94.9 Å². The molecule has 0 aliphatic heterocycles. The van der Waals surface area contributed by atoms with E-state index in [1.54, 1.807) is 49.6 Å². The average Bonchev–Trinajstić information content (AvgIpc) is 2.76. The zero-order valence-electron chi connectivity index (χ0n) is 16.2. The highest BCUT2D eigenvalue weighted by molar-refractivity contribution is 5.98. The van der Waals surface area contributed by atoms with Crippen LogP contribution in [0, 0.1) is 11.3 Å². The molecule has 2 rings (SSSR count). The number of hydrogen-bond acceptors (Lipinski definition) is 7. The van der Waals surface area contributed by atoms with Crippen LogP contribution in [0.5, 0.6) is 17.2 Å². The van der Waals surface area contributed by atoms with Crippen molar-refractivity contribution in [2.75, 3.05) is 21.3 Å². The molecule has 0 aromatic heterocycles. The maximum absolute atomic E-state index is 12.1. The van der Waals surface area contributed by atoms with Gasteiger partial charge >= 0.3 is 11.9 Å². The predicted octanol–water partition coefficient (Wildman–Crippen LogP) is 3.40. The molecule has 0 unspecified atom stereocenters. The highest BCUT2D eigenvalue weighted by Gasteiger charge is 2.12. The Bertz CT molecular complexity index is 983. The first-order valence-electron chi connectivity index (χ1n) is 8.42. The highest BCUT2D eigenvalue weighted by atomic mass is 16.6. The van der Waals surface area contributed by atoms with Gasteiger partial charge in [0.25, 0.3) is 0 Å². The van der Waals surface area contributed by atoms with E-state index in [0.29, 0.717) is 5.56 Å². The van der Waals surface area contributed by atoms with Gasteiger partial charge in [0.05, 0.1) is 21.3 Å². The zero-order valence-corrected chi connectivity index (χ0v) is 16.2. The van der Waals surface area contributed by atoms with E-state index in [4.69, 9.17) is 19.5 Å². The number of rotatable bonds is 7. The summed E-state index contributed by atoms with van der Waals surface area (Å²) in [7, 11) is 4.18. The summed E-state index contributed by atoms with van der Waals surface area (Å²) < 4.78 is 20.2. The van der Waals surface area contributed by atoms with Crippen molar-refractivity contribution in [2.45, 2.75) is 0 Å². The van der Waals surface area contributed by atoms with Crippen molar-refractivity contribution < 1.29 is 28.5 Å². The van der Waals surface area contributed by atoms with Gasteiger partial charge in [-0.05, 0) is 47.5 Å². The number of nitriles is 1. The average molecular weight is 393 g/mol. The molecule has 0 N–H and O–H groups in total. The molecule has 29 heavy (non-hydrogen) atoms. The highest BCUT2D eigenvalue weighted by Crippen LogP contribution is 2.29.